The standard InChI is InChI=1S/C12H19N3O4S2/c1-4-13-10-5-6-11(15(16)17)12(7-10)21(18,19)14-8-9(2)20-3/h5-7,9,13-14H,4,8H2,1-3H3. The highest BCUT2D eigenvalue weighted by molar-refractivity contribution is 7.99. The number of thioether (sulfide) groups is 1. The molecule has 9 heteroatoms. The highest BCUT2D eigenvalue weighted by atomic mass is 32.2. The number of nitrogens with one attached hydrogen (secondary N) is 2. The van der Waals surface area contributed by atoms with Crippen molar-refractivity contribution in [1.82, 2.24) is 4.72 Å². The second-order valence-corrected chi connectivity index (χ2v) is 7.38. The van der Waals surface area contributed by atoms with Gasteiger partial charge in [-0.15, -0.1) is 0 Å². The summed E-state index contributed by atoms with van der Waals surface area (Å²) in [6.45, 7) is 4.53. The van der Waals surface area contributed by atoms with Crippen molar-refractivity contribution < 1.29 is 13.3 Å². The quantitative estimate of drug-likeness (QED) is 0.558. The first-order valence-corrected chi connectivity index (χ1v) is 9.13. The molecule has 0 aliphatic heterocycles. The fourth-order valence-electron chi connectivity index (χ4n) is 1.58. The molecule has 7 nitrogen and oxygen atoms in total. The average molecular weight is 333 g/mol. The van der Waals surface area contributed by atoms with E-state index in [9.17, 15) is 18.5 Å². The van der Waals surface area contributed by atoms with Gasteiger partial charge in [0.2, 0.25) is 10.0 Å². The van der Waals surface area contributed by atoms with Crippen molar-refractivity contribution in [2.24, 2.45) is 0 Å². The number of benzene rings is 1. The van der Waals surface area contributed by atoms with Gasteiger partial charge < -0.3 is 5.32 Å². The van der Waals surface area contributed by atoms with Crippen LogP contribution in [0.15, 0.2) is 23.1 Å². The summed E-state index contributed by atoms with van der Waals surface area (Å²) in [5.41, 5.74) is 0.0994. The molecule has 118 valence electrons. The molecule has 1 aromatic rings. The Morgan fingerprint density at radius 2 is 2.10 bits per heavy atom. The molecule has 0 saturated carbocycles. The van der Waals surface area contributed by atoms with Crippen LogP contribution in [0.3, 0.4) is 0 Å². The van der Waals surface area contributed by atoms with Gasteiger partial charge >= 0.3 is 0 Å². The van der Waals surface area contributed by atoms with E-state index in [1.807, 2.05) is 20.1 Å². The molecule has 21 heavy (non-hydrogen) atoms. The van der Waals surface area contributed by atoms with Gasteiger partial charge in [0.05, 0.1) is 4.92 Å². The predicted molar refractivity (Wildman–Crippen MR) is 85.4 cm³/mol. The van der Waals surface area contributed by atoms with Gasteiger partial charge in [-0.2, -0.15) is 11.8 Å². The minimum atomic E-state index is -3.93. The number of nitro benzene ring substituents is 1. The number of hydrogen-bond acceptors (Lipinski definition) is 6. The summed E-state index contributed by atoms with van der Waals surface area (Å²) in [4.78, 5) is 10.0. The summed E-state index contributed by atoms with van der Waals surface area (Å²) < 4.78 is 27.0. The van der Waals surface area contributed by atoms with Crippen molar-refractivity contribution in [2.45, 2.75) is 24.0 Å². The molecule has 1 rings (SSSR count). The van der Waals surface area contributed by atoms with Crippen LogP contribution in [-0.4, -0.2) is 37.9 Å². The number of anilines is 1. The molecule has 0 saturated heterocycles. The van der Waals surface area contributed by atoms with Gasteiger partial charge in [0.15, 0.2) is 4.90 Å². The van der Waals surface area contributed by atoms with Gasteiger partial charge in [-0.3, -0.25) is 10.1 Å². The molecule has 0 spiro atoms. The summed E-state index contributed by atoms with van der Waals surface area (Å²) >= 11 is 1.51. The molecule has 0 amide bonds. The van der Waals surface area contributed by atoms with Crippen molar-refractivity contribution in [3.05, 3.63) is 28.3 Å². The third-order valence-corrected chi connectivity index (χ3v) is 5.21. The van der Waals surface area contributed by atoms with E-state index in [-0.39, 0.29) is 16.7 Å². The van der Waals surface area contributed by atoms with E-state index in [4.69, 9.17) is 0 Å². The summed E-state index contributed by atoms with van der Waals surface area (Å²) in [7, 11) is -3.93. The number of nitrogens with zero attached hydrogens (tertiary/aromatic N) is 1. The zero-order chi connectivity index (χ0) is 16.0. The van der Waals surface area contributed by atoms with Gasteiger partial charge in [0, 0.05) is 30.1 Å². The molecular formula is C12H19N3O4S2. The lowest BCUT2D eigenvalue weighted by Gasteiger charge is -2.12. The van der Waals surface area contributed by atoms with Crippen molar-refractivity contribution in [3.63, 3.8) is 0 Å². The summed E-state index contributed by atoms with van der Waals surface area (Å²) in [6.07, 6.45) is 1.87. The molecule has 0 aliphatic rings. The van der Waals surface area contributed by atoms with E-state index in [0.29, 0.717) is 12.2 Å². The third kappa shape index (κ3) is 4.87. The van der Waals surface area contributed by atoms with Crippen LogP contribution in [0.5, 0.6) is 0 Å². The predicted octanol–water partition coefficient (Wildman–Crippen LogP) is 2.06. The Kier molecular flexibility index (Phi) is 6.43. The van der Waals surface area contributed by atoms with E-state index < -0.39 is 20.6 Å². The summed E-state index contributed by atoms with van der Waals surface area (Å²) in [6, 6.07) is 3.98. The SMILES string of the molecule is CCNc1ccc([N+](=O)[O-])c(S(=O)(=O)NCC(C)SC)c1. The second kappa shape index (κ2) is 7.62. The molecule has 1 unspecified atom stereocenters. The largest absolute Gasteiger partial charge is 0.385 e. The minimum absolute atomic E-state index is 0.0794. The third-order valence-electron chi connectivity index (χ3n) is 2.79. The van der Waals surface area contributed by atoms with E-state index in [0.717, 1.165) is 0 Å². The van der Waals surface area contributed by atoms with Crippen LogP contribution in [0.4, 0.5) is 11.4 Å². The normalized spacial score (nSPS) is 12.9. The van der Waals surface area contributed by atoms with E-state index in [2.05, 4.69) is 10.0 Å². The number of nitro groups is 1. The fourth-order valence-corrected chi connectivity index (χ4v) is 3.26. The first-order chi connectivity index (χ1) is 9.81. The van der Waals surface area contributed by atoms with Gasteiger partial charge in [0.25, 0.3) is 5.69 Å². The Hall–Kier alpha value is -1.32. The molecule has 2 N–H and O–H groups in total. The van der Waals surface area contributed by atoms with E-state index in [1.165, 1.54) is 30.0 Å². The number of rotatable bonds is 8. The lowest BCUT2D eigenvalue weighted by molar-refractivity contribution is -0.387. The Morgan fingerprint density at radius 3 is 2.62 bits per heavy atom. The molecule has 0 radical (unpaired) electrons. The second-order valence-electron chi connectivity index (χ2n) is 4.37. The van der Waals surface area contributed by atoms with Gasteiger partial charge in [-0.05, 0) is 25.3 Å². The Morgan fingerprint density at radius 1 is 1.43 bits per heavy atom. The zero-order valence-corrected chi connectivity index (χ0v) is 13.8. The monoisotopic (exact) mass is 333 g/mol. The fraction of sp³-hybridized carbons (Fsp3) is 0.500. The highest BCUT2D eigenvalue weighted by Crippen LogP contribution is 2.27. The maximum atomic E-state index is 12.3. The van der Waals surface area contributed by atoms with Crippen LogP contribution in [0.25, 0.3) is 0 Å². The van der Waals surface area contributed by atoms with Crippen LogP contribution >= 0.6 is 11.8 Å². The van der Waals surface area contributed by atoms with Gasteiger partial charge in [-0.25, -0.2) is 13.1 Å². The molecule has 1 aromatic carbocycles. The molecule has 0 fully saturated rings. The Bertz CT molecular complexity index is 605. The van der Waals surface area contributed by atoms with E-state index >= 15 is 0 Å². The van der Waals surface area contributed by atoms with Crippen molar-refractivity contribution in [1.29, 1.82) is 0 Å². The minimum Gasteiger partial charge on any atom is -0.385 e. The maximum absolute atomic E-state index is 12.3. The van der Waals surface area contributed by atoms with Gasteiger partial charge in [0.1, 0.15) is 0 Å². The van der Waals surface area contributed by atoms with E-state index in [1.54, 1.807) is 0 Å². The number of hydrogen-bond donors (Lipinski definition) is 2. The smallest absolute Gasteiger partial charge is 0.289 e. The summed E-state index contributed by atoms with van der Waals surface area (Å²) in [5, 5.41) is 14.0. The lowest BCUT2D eigenvalue weighted by Crippen LogP contribution is -2.30. The summed E-state index contributed by atoms with van der Waals surface area (Å²) in [5.74, 6) is 0. The van der Waals surface area contributed by atoms with Crippen molar-refractivity contribution in [2.75, 3.05) is 24.7 Å². The molecule has 0 heterocycles. The van der Waals surface area contributed by atoms with Crippen LogP contribution in [-0.2, 0) is 10.0 Å². The first kappa shape index (κ1) is 17.7. The first-order valence-electron chi connectivity index (χ1n) is 6.36. The topological polar surface area (TPSA) is 101 Å². The highest BCUT2D eigenvalue weighted by Gasteiger charge is 2.26. The van der Waals surface area contributed by atoms with Gasteiger partial charge in [-0.1, -0.05) is 6.92 Å². The maximum Gasteiger partial charge on any atom is 0.289 e. The molecule has 1 atom stereocenters. The van der Waals surface area contributed by atoms with Crippen LogP contribution in [0.1, 0.15) is 13.8 Å². The van der Waals surface area contributed by atoms with Crippen LogP contribution in [0.2, 0.25) is 0 Å². The Labute approximate surface area is 128 Å². The number of sulfonamides is 1. The van der Waals surface area contributed by atoms with Crippen LogP contribution < -0.4 is 10.0 Å². The molecule has 0 bridgehead atoms. The lowest BCUT2D eigenvalue weighted by atomic mass is 10.3. The van der Waals surface area contributed by atoms with Crippen LogP contribution in [0, 0.1) is 10.1 Å². The Balaban J connectivity index is 3.17. The molecular weight excluding hydrogens is 314 g/mol. The van der Waals surface area contributed by atoms with Crippen molar-refractivity contribution in [3.8, 4) is 0 Å². The average Bonchev–Trinajstić information content (AvgIpc) is 2.44. The molecule has 0 aromatic heterocycles. The zero-order valence-electron chi connectivity index (χ0n) is 12.1. The van der Waals surface area contributed by atoms with Crippen molar-refractivity contribution >= 4 is 33.2 Å². The molecule has 0 aliphatic carbocycles.